The van der Waals surface area contributed by atoms with Crippen molar-refractivity contribution in [3.05, 3.63) is 64.5 Å². The molecule has 4 aromatic rings. The van der Waals surface area contributed by atoms with Crippen molar-refractivity contribution in [3.63, 3.8) is 0 Å². The van der Waals surface area contributed by atoms with E-state index in [4.69, 9.17) is 14.9 Å². The highest BCUT2D eigenvalue weighted by Gasteiger charge is 2.15. The van der Waals surface area contributed by atoms with Crippen molar-refractivity contribution < 1.29 is 9.15 Å². The zero-order chi connectivity index (χ0) is 17.4. The van der Waals surface area contributed by atoms with Gasteiger partial charge < -0.3 is 14.9 Å². The van der Waals surface area contributed by atoms with E-state index in [-0.39, 0.29) is 6.04 Å². The molecule has 1 unspecified atom stereocenters. The lowest BCUT2D eigenvalue weighted by atomic mass is 10.1. The van der Waals surface area contributed by atoms with E-state index in [1.54, 1.807) is 13.3 Å². The Morgan fingerprint density at radius 2 is 1.96 bits per heavy atom. The topological polar surface area (TPSA) is 74.2 Å². The fraction of sp³-hybridized carbons (Fsp3) is 0.158. The Hall–Kier alpha value is -2.44. The highest BCUT2D eigenvalue weighted by Crippen LogP contribution is 2.30. The predicted molar refractivity (Wildman–Crippen MR) is 101 cm³/mol. The normalized spacial score (nSPS) is 12.6. The maximum absolute atomic E-state index is 6.34. The number of fused-ring (bicyclic) bond motifs is 3. The van der Waals surface area contributed by atoms with Gasteiger partial charge in [-0.3, -0.25) is 0 Å². The van der Waals surface area contributed by atoms with E-state index < -0.39 is 0 Å². The van der Waals surface area contributed by atoms with Crippen LogP contribution in [-0.4, -0.2) is 17.1 Å². The maximum Gasteiger partial charge on any atom is 0.172 e. The standard InChI is InChI=1S/C19H16BrN3O2/c1-24-13-5-2-11(3-6-13)8-15(21)19-22-10-17-18(23-19)14-9-12(20)4-7-16(14)25-17/h2-7,9-10,15H,8,21H2,1H3. The van der Waals surface area contributed by atoms with Gasteiger partial charge in [0.2, 0.25) is 0 Å². The van der Waals surface area contributed by atoms with Gasteiger partial charge in [-0.25, -0.2) is 9.97 Å². The molecular formula is C19H16BrN3O2. The summed E-state index contributed by atoms with van der Waals surface area (Å²) in [6.07, 6.45) is 2.34. The number of furan rings is 1. The highest BCUT2D eigenvalue weighted by molar-refractivity contribution is 9.10. The Kier molecular flexibility index (Phi) is 4.15. The smallest absolute Gasteiger partial charge is 0.172 e. The fourth-order valence-electron chi connectivity index (χ4n) is 2.83. The van der Waals surface area contributed by atoms with Crippen LogP contribution in [0.5, 0.6) is 5.75 Å². The minimum atomic E-state index is -0.296. The summed E-state index contributed by atoms with van der Waals surface area (Å²) in [7, 11) is 1.65. The summed E-state index contributed by atoms with van der Waals surface area (Å²) in [5.41, 5.74) is 9.67. The van der Waals surface area contributed by atoms with Crippen LogP contribution in [0.25, 0.3) is 22.1 Å². The lowest BCUT2D eigenvalue weighted by molar-refractivity contribution is 0.414. The molecule has 0 spiro atoms. The van der Waals surface area contributed by atoms with Gasteiger partial charge in [0.15, 0.2) is 5.58 Å². The molecular weight excluding hydrogens is 382 g/mol. The number of benzene rings is 2. The molecule has 0 radical (unpaired) electrons. The summed E-state index contributed by atoms with van der Waals surface area (Å²) < 4.78 is 11.9. The molecule has 0 fully saturated rings. The summed E-state index contributed by atoms with van der Waals surface area (Å²) in [5, 5.41) is 0.949. The average molecular weight is 398 g/mol. The van der Waals surface area contributed by atoms with Gasteiger partial charge in [-0.2, -0.15) is 0 Å². The molecule has 0 aliphatic rings. The molecule has 0 amide bonds. The third kappa shape index (κ3) is 3.10. The second-order valence-corrected chi connectivity index (χ2v) is 6.76. The first-order valence-corrected chi connectivity index (χ1v) is 8.66. The average Bonchev–Trinajstić information content (AvgIpc) is 2.99. The number of nitrogens with two attached hydrogens (primary N) is 1. The van der Waals surface area contributed by atoms with Gasteiger partial charge in [-0.05, 0) is 42.3 Å². The summed E-state index contributed by atoms with van der Waals surface area (Å²) in [4.78, 5) is 9.05. The Morgan fingerprint density at radius 3 is 2.72 bits per heavy atom. The van der Waals surface area contributed by atoms with Crippen LogP contribution in [0.4, 0.5) is 0 Å². The number of hydrogen-bond donors (Lipinski definition) is 1. The molecule has 2 aromatic heterocycles. The lowest BCUT2D eigenvalue weighted by Gasteiger charge is -2.10. The number of ether oxygens (including phenoxy) is 1. The third-order valence-corrected chi connectivity index (χ3v) is 4.63. The van der Waals surface area contributed by atoms with Crippen molar-refractivity contribution in [1.82, 2.24) is 9.97 Å². The van der Waals surface area contributed by atoms with E-state index in [1.807, 2.05) is 42.5 Å². The Bertz CT molecular complexity index is 1040. The van der Waals surface area contributed by atoms with Gasteiger partial charge >= 0.3 is 0 Å². The largest absolute Gasteiger partial charge is 0.497 e. The molecule has 6 heteroatoms. The van der Waals surface area contributed by atoms with Crippen molar-refractivity contribution in [2.24, 2.45) is 5.73 Å². The molecule has 2 aromatic carbocycles. The molecule has 0 bridgehead atoms. The zero-order valence-corrected chi connectivity index (χ0v) is 15.2. The molecule has 0 aliphatic heterocycles. The number of halogens is 1. The van der Waals surface area contributed by atoms with Crippen LogP contribution >= 0.6 is 15.9 Å². The first-order valence-electron chi connectivity index (χ1n) is 7.87. The van der Waals surface area contributed by atoms with Crippen molar-refractivity contribution in [2.75, 3.05) is 7.11 Å². The molecule has 0 aliphatic carbocycles. The van der Waals surface area contributed by atoms with E-state index in [9.17, 15) is 0 Å². The van der Waals surface area contributed by atoms with E-state index in [0.717, 1.165) is 32.3 Å². The Morgan fingerprint density at radius 1 is 1.16 bits per heavy atom. The maximum atomic E-state index is 6.34. The first-order chi connectivity index (χ1) is 12.1. The zero-order valence-electron chi connectivity index (χ0n) is 13.6. The van der Waals surface area contributed by atoms with Crippen LogP contribution in [0.3, 0.4) is 0 Å². The number of nitrogens with zero attached hydrogens (tertiary/aromatic N) is 2. The van der Waals surface area contributed by atoms with E-state index >= 15 is 0 Å². The number of aromatic nitrogens is 2. The molecule has 25 heavy (non-hydrogen) atoms. The van der Waals surface area contributed by atoms with Crippen molar-refractivity contribution in [1.29, 1.82) is 0 Å². The number of methoxy groups -OCH3 is 1. The van der Waals surface area contributed by atoms with Crippen LogP contribution in [-0.2, 0) is 6.42 Å². The molecule has 0 saturated heterocycles. The monoisotopic (exact) mass is 397 g/mol. The summed E-state index contributed by atoms with van der Waals surface area (Å²) in [6.45, 7) is 0. The number of rotatable bonds is 4. The van der Waals surface area contributed by atoms with Gasteiger partial charge in [-0.1, -0.05) is 28.1 Å². The van der Waals surface area contributed by atoms with Gasteiger partial charge in [0.05, 0.1) is 19.3 Å². The minimum absolute atomic E-state index is 0.296. The van der Waals surface area contributed by atoms with Crippen LogP contribution in [0, 0.1) is 0 Å². The SMILES string of the molecule is COc1ccc(CC(N)c2ncc3oc4ccc(Br)cc4c3n2)cc1. The summed E-state index contributed by atoms with van der Waals surface area (Å²) >= 11 is 3.49. The van der Waals surface area contributed by atoms with Crippen LogP contribution in [0.2, 0.25) is 0 Å². The fourth-order valence-corrected chi connectivity index (χ4v) is 3.19. The van der Waals surface area contributed by atoms with E-state index in [1.165, 1.54) is 0 Å². The van der Waals surface area contributed by atoms with Crippen LogP contribution in [0.15, 0.2) is 57.6 Å². The molecule has 126 valence electrons. The van der Waals surface area contributed by atoms with E-state index in [2.05, 4.69) is 25.9 Å². The van der Waals surface area contributed by atoms with Crippen molar-refractivity contribution >= 4 is 38.0 Å². The van der Waals surface area contributed by atoms with Gasteiger partial charge in [0.1, 0.15) is 22.7 Å². The van der Waals surface area contributed by atoms with Crippen molar-refractivity contribution in [2.45, 2.75) is 12.5 Å². The third-order valence-electron chi connectivity index (χ3n) is 4.14. The summed E-state index contributed by atoms with van der Waals surface area (Å²) in [5.74, 6) is 1.43. The van der Waals surface area contributed by atoms with Crippen molar-refractivity contribution in [3.8, 4) is 5.75 Å². The van der Waals surface area contributed by atoms with E-state index in [0.29, 0.717) is 17.8 Å². The van der Waals surface area contributed by atoms with Crippen LogP contribution in [0.1, 0.15) is 17.4 Å². The molecule has 2 heterocycles. The molecule has 2 N–H and O–H groups in total. The van der Waals surface area contributed by atoms with Crippen LogP contribution < -0.4 is 10.5 Å². The molecule has 1 atom stereocenters. The first kappa shape index (κ1) is 16.1. The highest BCUT2D eigenvalue weighted by atomic mass is 79.9. The molecule has 0 saturated carbocycles. The second-order valence-electron chi connectivity index (χ2n) is 5.84. The predicted octanol–water partition coefficient (Wildman–Crippen LogP) is 4.39. The van der Waals surface area contributed by atoms with Gasteiger partial charge in [-0.15, -0.1) is 0 Å². The molecule has 5 nitrogen and oxygen atoms in total. The van der Waals surface area contributed by atoms with Gasteiger partial charge in [0.25, 0.3) is 0 Å². The summed E-state index contributed by atoms with van der Waals surface area (Å²) in [6, 6.07) is 13.4. The lowest BCUT2D eigenvalue weighted by Crippen LogP contribution is -2.16. The quantitative estimate of drug-likeness (QED) is 0.552. The molecule has 4 rings (SSSR count). The number of hydrogen-bond acceptors (Lipinski definition) is 5. The Balaban J connectivity index is 1.67. The Labute approximate surface area is 153 Å². The van der Waals surface area contributed by atoms with Gasteiger partial charge in [0, 0.05) is 9.86 Å². The second kappa shape index (κ2) is 6.46. The minimum Gasteiger partial charge on any atom is -0.497 e.